The van der Waals surface area contributed by atoms with Crippen LogP contribution in [0.4, 0.5) is 8.78 Å². The zero-order chi connectivity index (χ0) is 14.7. The molecule has 0 aliphatic heterocycles. The Hall–Kier alpha value is -2.49. The van der Waals surface area contributed by atoms with Crippen molar-refractivity contribution in [3.8, 4) is 22.6 Å². The fourth-order valence-corrected chi connectivity index (χ4v) is 2.27. The summed E-state index contributed by atoms with van der Waals surface area (Å²) >= 11 is 0. The Morgan fingerprint density at radius 3 is 2.29 bits per heavy atom. The molecule has 0 unspecified atom stereocenters. The van der Waals surface area contributed by atoms with Gasteiger partial charge in [0.1, 0.15) is 11.6 Å². The Kier molecular flexibility index (Phi) is 3.77. The molecular formula is C17H14F2N2. The molecule has 0 radical (unpaired) electrons. The Bertz CT molecular complexity index is 718. The predicted octanol–water partition coefficient (Wildman–Crippen LogP) is 4.39. The van der Waals surface area contributed by atoms with Crippen LogP contribution in [0.2, 0.25) is 0 Å². The van der Waals surface area contributed by atoms with Gasteiger partial charge >= 0.3 is 0 Å². The number of aromatic nitrogens is 2. The maximum Gasteiger partial charge on any atom is 0.138 e. The summed E-state index contributed by atoms with van der Waals surface area (Å²) in [5.74, 6) is 0.329. The van der Waals surface area contributed by atoms with Crippen molar-refractivity contribution >= 4 is 0 Å². The molecule has 3 aromatic rings. The number of imidazole rings is 1. The Balaban J connectivity index is 2.06. The van der Waals surface area contributed by atoms with E-state index in [2.05, 4.69) is 9.97 Å². The maximum absolute atomic E-state index is 13.0. The maximum atomic E-state index is 13.0. The van der Waals surface area contributed by atoms with E-state index in [1.165, 1.54) is 12.1 Å². The minimum absolute atomic E-state index is 0.252. The SMILES string of the molecule is FCCc1nc(-c2ccc(F)cc2)[nH]c1-c1ccccc1. The van der Waals surface area contributed by atoms with Gasteiger partial charge in [0, 0.05) is 12.0 Å². The summed E-state index contributed by atoms with van der Waals surface area (Å²) in [5.41, 5.74) is 3.23. The van der Waals surface area contributed by atoms with Crippen LogP contribution in [0.5, 0.6) is 0 Å². The summed E-state index contributed by atoms with van der Waals surface area (Å²) in [6, 6.07) is 15.7. The highest BCUT2D eigenvalue weighted by Gasteiger charge is 2.13. The normalized spacial score (nSPS) is 10.8. The van der Waals surface area contributed by atoms with Crippen LogP contribution in [0.15, 0.2) is 54.6 Å². The minimum atomic E-state index is -0.465. The smallest absolute Gasteiger partial charge is 0.138 e. The molecule has 1 N–H and O–H groups in total. The quantitative estimate of drug-likeness (QED) is 0.756. The minimum Gasteiger partial charge on any atom is -0.338 e. The molecule has 0 saturated heterocycles. The Labute approximate surface area is 121 Å². The summed E-state index contributed by atoms with van der Waals surface area (Å²) in [4.78, 5) is 7.68. The van der Waals surface area contributed by atoms with Crippen molar-refractivity contribution < 1.29 is 8.78 Å². The summed E-state index contributed by atoms with van der Waals surface area (Å²) in [7, 11) is 0. The molecule has 1 heterocycles. The molecule has 3 rings (SSSR count). The van der Waals surface area contributed by atoms with E-state index in [1.54, 1.807) is 12.1 Å². The molecule has 0 spiro atoms. The van der Waals surface area contributed by atoms with Crippen LogP contribution in [0, 0.1) is 5.82 Å². The van der Waals surface area contributed by atoms with Gasteiger partial charge in [-0.1, -0.05) is 30.3 Å². The first-order chi connectivity index (χ1) is 10.3. The van der Waals surface area contributed by atoms with E-state index in [0.29, 0.717) is 11.5 Å². The average molecular weight is 284 g/mol. The first kappa shape index (κ1) is 13.5. The molecule has 21 heavy (non-hydrogen) atoms. The number of nitrogens with zero attached hydrogens (tertiary/aromatic N) is 1. The number of halogens is 2. The van der Waals surface area contributed by atoms with Crippen molar-refractivity contribution in [2.45, 2.75) is 6.42 Å². The van der Waals surface area contributed by atoms with E-state index in [-0.39, 0.29) is 12.2 Å². The number of H-pyrrole nitrogens is 1. The lowest BCUT2D eigenvalue weighted by Gasteiger charge is -2.00. The van der Waals surface area contributed by atoms with Gasteiger partial charge in [-0.15, -0.1) is 0 Å². The van der Waals surface area contributed by atoms with Gasteiger partial charge in [-0.2, -0.15) is 0 Å². The molecule has 106 valence electrons. The number of alkyl halides is 1. The van der Waals surface area contributed by atoms with E-state index in [0.717, 1.165) is 16.8 Å². The topological polar surface area (TPSA) is 28.7 Å². The Morgan fingerprint density at radius 2 is 1.62 bits per heavy atom. The van der Waals surface area contributed by atoms with Crippen LogP contribution < -0.4 is 0 Å². The van der Waals surface area contributed by atoms with E-state index in [4.69, 9.17) is 0 Å². The van der Waals surface area contributed by atoms with E-state index < -0.39 is 6.67 Å². The second-order valence-electron chi connectivity index (χ2n) is 4.72. The highest BCUT2D eigenvalue weighted by atomic mass is 19.1. The summed E-state index contributed by atoms with van der Waals surface area (Å²) < 4.78 is 25.7. The molecule has 0 amide bonds. The molecule has 0 bridgehead atoms. The monoisotopic (exact) mass is 284 g/mol. The average Bonchev–Trinajstić information content (AvgIpc) is 2.93. The van der Waals surface area contributed by atoms with E-state index >= 15 is 0 Å². The van der Waals surface area contributed by atoms with Crippen molar-refractivity contribution in [2.75, 3.05) is 6.67 Å². The van der Waals surface area contributed by atoms with E-state index in [9.17, 15) is 8.78 Å². The van der Waals surface area contributed by atoms with Crippen molar-refractivity contribution in [2.24, 2.45) is 0 Å². The van der Waals surface area contributed by atoms with Crippen LogP contribution in [0.25, 0.3) is 22.6 Å². The lowest BCUT2D eigenvalue weighted by atomic mass is 10.1. The largest absolute Gasteiger partial charge is 0.338 e. The van der Waals surface area contributed by atoms with Crippen LogP contribution >= 0.6 is 0 Å². The molecule has 0 saturated carbocycles. The molecule has 0 aliphatic rings. The molecule has 2 nitrogen and oxygen atoms in total. The lowest BCUT2D eigenvalue weighted by Crippen LogP contribution is -1.90. The van der Waals surface area contributed by atoms with Gasteiger partial charge in [0.05, 0.1) is 18.1 Å². The van der Waals surface area contributed by atoms with Crippen molar-refractivity contribution in [3.05, 3.63) is 66.1 Å². The van der Waals surface area contributed by atoms with Gasteiger partial charge < -0.3 is 4.98 Å². The third kappa shape index (κ3) is 2.84. The van der Waals surface area contributed by atoms with Crippen LogP contribution in [0.1, 0.15) is 5.69 Å². The number of rotatable bonds is 4. The van der Waals surface area contributed by atoms with E-state index in [1.807, 2.05) is 30.3 Å². The third-order valence-electron chi connectivity index (χ3n) is 3.29. The molecule has 0 aliphatic carbocycles. The van der Waals surface area contributed by atoms with Gasteiger partial charge in [0.25, 0.3) is 0 Å². The van der Waals surface area contributed by atoms with Gasteiger partial charge in [-0.3, -0.25) is 4.39 Å². The number of hydrogen-bond donors (Lipinski definition) is 1. The molecule has 4 heteroatoms. The number of nitrogens with one attached hydrogen (secondary N) is 1. The number of aryl methyl sites for hydroxylation is 1. The van der Waals surface area contributed by atoms with Crippen LogP contribution in [-0.2, 0) is 6.42 Å². The van der Waals surface area contributed by atoms with Gasteiger partial charge in [0.2, 0.25) is 0 Å². The second-order valence-corrected chi connectivity index (χ2v) is 4.72. The molecule has 2 aromatic carbocycles. The highest BCUT2D eigenvalue weighted by molar-refractivity contribution is 5.67. The van der Waals surface area contributed by atoms with Crippen molar-refractivity contribution in [3.63, 3.8) is 0 Å². The molecule has 0 atom stereocenters. The number of aromatic amines is 1. The fraction of sp³-hybridized carbons (Fsp3) is 0.118. The Morgan fingerprint density at radius 1 is 0.905 bits per heavy atom. The third-order valence-corrected chi connectivity index (χ3v) is 3.29. The molecule has 0 fully saturated rings. The van der Waals surface area contributed by atoms with Crippen molar-refractivity contribution in [1.29, 1.82) is 0 Å². The number of hydrogen-bond acceptors (Lipinski definition) is 1. The highest BCUT2D eigenvalue weighted by Crippen LogP contribution is 2.26. The molecule has 1 aromatic heterocycles. The van der Waals surface area contributed by atoms with Gasteiger partial charge in [-0.25, -0.2) is 9.37 Å². The van der Waals surface area contributed by atoms with Gasteiger partial charge in [0.15, 0.2) is 0 Å². The zero-order valence-electron chi connectivity index (χ0n) is 11.3. The second kappa shape index (κ2) is 5.87. The standard InChI is InChI=1S/C17H14F2N2/c18-11-10-15-16(12-4-2-1-3-5-12)21-17(20-15)13-6-8-14(19)9-7-13/h1-9H,10-11H2,(H,20,21). The molecular weight excluding hydrogens is 270 g/mol. The van der Waals surface area contributed by atoms with Crippen LogP contribution in [0.3, 0.4) is 0 Å². The first-order valence-corrected chi connectivity index (χ1v) is 6.74. The van der Waals surface area contributed by atoms with Crippen molar-refractivity contribution in [1.82, 2.24) is 9.97 Å². The lowest BCUT2D eigenvalue weighted by molar-refractivity contribution is 0.493. The fourth-order valence-electron chi connectivity index (χ4n) is 2.27. The first-order valence-electron chi connectivity index (χ1n) is 6.74. The summed E-state index contributed by atoms with van der Waals surface area (Å²) in [5, 5.41) is 0. The van der Waals surface area contributed by atoms with Crippen LogP contribution in [-0.4, -0.2) is 16.6 Å². The number of benzene rings is 2. The zero-order valence-corrected chi connectivity index (χ0v) is 11.3. The summed E-state index contributed by atoms with van der Waals surface area (Å²) in [6.07, 6.45) is 0.252. The van der Waals surface area contributed by atoms with Gasteiger partial charge in [-0.05, 0) is 29.8 Å². The predicted molar refractivity (Wildman–Crippen MR) is 79.1 cm³/mol. The summed E-state index contributed by atoms with van der Waals surface area (Å²) in [6.45, 7) is -0.465.